The van der Waals surface area contributed by atoms with Crippen molar-refractivity contribution >= 4 is 5.78 Å². The quantitative estimate of drug-likeness (QED) is 0.668. The number of pyridine rings is 1. The number of aromatic nitrogens is 1. The number of hydrogen-bond acceptors (Lipinski definition) is 3. The maximum atomic E-state index is 12.5. The number of para-hydroxylation sites is 1. The van der Waals surface area contributed by atoms with E-state index in [2.05, 4.69) is 4.98 Å². The number of aryl methyl sites for hydroxylation is 1. The summed E-state index contributed by atoms with van der Waals surface area (Å²) in [5, 5.41) is 0. The molecular formula is C19H15NO2. The Morgan fingerprint density at radius 1 is 0.909 bits per heavy atom. The fourth-order valence-corrected chi connectivity index (χ4v) is 2.13. The second-order valence-electron chi connectivity index (χ2n) is 4.99. The van der Waals surface area contributed by atoms with E-state index in [1.807, 2.05) is 49.4 Å². The lowest BCUT2D eigenvalue weighted by Crippen LogP contribution is -2.04. The summed E-state index contributed by atoms with van der Waals surface area (Å²) in [5.41, 5.74) is 2.01. The molecule has 3 rings (SSSR count). The molecule has 0 aliphatic heterocycles. The van der Waals surface area contributed by atoms with Gasteiger partial charge in [-0.3, -0.25) is 9.78 Å². The molecule has 0 spiro atoms. The molecule has 0 aliphatic rings. The zero-order chi connectivity index (χ0) is 15.4. The number of carbonyl (C=O) groups excluding carboxylic acids is 1. The van der Waals surface area contributed by atoms with Gasteiger partial charge in [0.15, 0.2) is 0 Å². The van der Waals surface area contributed by atoms with Gasteiger partial charge in [-0.2, -0.15) is 0 Å². The summed E-state index contributed by atoms with van der Waals surface area (Å²) in [5.74, 6) is 1.26. The van der Waals surface area contributed by atoms with E-state index in [1.165, 1.54) is 0 Å². The van der Waals surface area contributed by atoms with Crippen LogP contribution >= 0.6 is 0 Å². The highest BCUT2D eigenvalue weighted by molar-refractivity contribution is 6.07. The largest absolute Gasteiger partial charge is 0.457 e. The number of ketones is 1. The smallest absolute Gasteiger partial charge is 0.211 e. The third-order valence-electron chi connectivity index (χ3n) is 3.22. The van der Waals surface area contributed by atoms with Crippen molar-refractivity contribution in [1.82, 2.24) is 4.98 Å². The Bertz CT molecular complexity index is 797. The van der Waals surface area contributed by atoms with Crippen LogP contribution in [-0.2, 0) is 0 Å². The standard InChI is InChI=1S/C19H15NO2/c1-14-10-11-20-18(12-14)19(21)15-6-5-9-17(13-15)22-16-7-3-2-4-8-16/h2-13H,1H3. The van der Waals surface area contributed by atoms with Gasteiger partial charge in [0.2, 0.25) is 5.78 Å². The fourth-order valence-electron chi connectivity index (χ4n) is 2.13. The second-order valence-corrected chi connectivity index (χ2v) is 4.99. The van der Waals surface area contributed by atoms with Crippen LogP contribution in [0.5, 0.6) is 11.5 Å². The Labute approximate surface area is 129 Å². The first-order valence-electron chi connectivity index (χ1n) is 7.03. The van der Waals surface area contributed by atoms with Gasteiger partial charge in [0.05, 0.1) is 0 Å². The van der Waals surface area contributed by atoms with E-state index in [0.29, 0.717) is 17.0 Å². The van der Waals surface area contributed by atoms with Crippen LogP contribution in [0.15, 0.2) is 72.9 Å². The minimum atomic E-state index is -0.109. The van der Waals surface area contributed by atoms with Crippen LogP contribution in [0.4, 0.5) is 0 Å². The summed E-state index contributed by atoms with van der Waals surface area (Å²) in [6.07, 6.45) is 1.65. The molecule has 3 heteroatoms. The van der Waals surface area contributed by atoms with Gasteiger partial charge in [-0.25, -0.2) is 0 Å². The van der Waals surface area contributed by atoms with E-state index in [4.69, 9.17) is 4.74 Å². The average Bonchev–Trinajstić information content (AvgIpc) is 2.55. The molecule has 0 saturated heterocycles. The normalized spacial score (nSPS) is 10.2. The summed E-state index contributed by atoms with van der Waals surface area (Å²) < 4.78 is 5.76. The third-order valence-corrected chi connectivity index (χ3v) is 3.22. The predicted molar refractivity (Wildman–Crippen MR) is 85.4 cm³/mol. The summed E-state index contributed by atoms with van der Waals surface area (Å²) >= 11 is 0. The average molecular weight is 289 g/mol. The number of rotatable bonds is 4. The van der Waals surface area contributed by atoms with E-state index in [-0.39, 0.29) is 5.78 Å². The number of benzene rings is 2. The van der Waals surface area contributed by atoms with E-state index < -0.39 is 0 Å². The highest BCUT2D eigenvalue weighted by atomic mass is 16.5. The minimum absolute atomic E-state index is 0.109. The molecule has 0 aliphatic carbocycles. The van der Waals surface area contributed by atoms with E-state index in [9.17, 15) is 4.79 Å². The number of carbonyl (C=O) groups is 1. The van der Waals surface area contributed by atoms with Gasteiger partial charge < -0.3 is 4.74 Å². The van der Waals surface area contributed by atoms with E-state index in [1.54, 1.807) is 30.5 Å². The topological polar surface area (TPSA) is 39.2 Å². The Balaban J connectivity index is 1.86. The second kappa shape index (κ2) is 6.22. The first-order chi connectivity index (χ1) is 10.7. The zero-order valence-electron chi connectivity index (χ0n) is 12.2. The minimum Gasteiger partial charge on any atom is -0.457 e. The first-order valence-corrected chi connectivity index (χ1v) is 7.03. The lowest BCUT2D eigenvalue weighted by atomic mass is 10.1. The maximum Gasteiger partial charge on any atom is 0.211 e. The maximum absolute atomic E-state index is 12.5. The summed E-state index contributed by atoms with van der Waals surface area (Å²) in [6, 6.07) is 20.3. The molecule has 22 heavy (non-hydrogen) atoms. The molecule has 1 heterocycles. The van der Waals surface area contributed by atoms with Crippen molar-refractivity contribution in [2.75, 3.05) is 0 Å². The van der Waals surface area contributed by atoms with Gasteiger partial charge in [0.25, 0.3) is 0 Å². The van der Waals surface area contributed by atoms with Crippen molar-refractivity contribution in [3.05, 3.63) is 89.7 Å². The van der Waals surface area contributed by atoms with Crippen molar-refractivity contribution in [2.45, 2.75) is 6.92 Å². The number of ether oxygens (including phenoxy) is 1. The fraction of sp³-hybridized carbons (Fsp3) is 0.0526. The summed E-state index contributed by atoms with van der Waals surface area (Å²) in [4.78, 5) is 16.6. The zero-order valence-corrected chi connectivity index (χ0v) is 12.2. The molecule has 0 amide bonds. The third kappa shape index (κ3) is 3.20. The predicted octanol–water partition coefficient (Wildman–Crippen LogP) is 4.41. The van der Waals surface area contributed by atoms with Gasteiger partial charge in [-0.1, -0.05) is 30.3 Å². The van der Waals surface area contributed by atoms with Gasteiger partial charge in [0.1, 0.15) is 17.2 Å². The van der Waals surface area contributed by atoms with Crippen molar-refractivity contribution in [2.24, 2.45) is 0 Å². The summed E-state index contributed by atoms with van der Waals surface area (Å²) in [7, 11) is 0. The van der Waals surface area contributed by atoms with Crippen LogP contribution in [0, 0.1) is 6.92 Å². The monoisotopic (exact) mass is 289 g/mol. The van der Waals surface area contributed by atoms with Crippen LogP contribution in [-0.4, -0.2) is 10.8 Å². The molecule has 0 radical (unpaired) electrons. The van der Waals surface area contributed by atoms with Crippen LogP contribution in [0.2, 0.25) is 0 Å². The summed E-state index contributed by atoms with van der Waals surface area (Å²) in [6.45, 7) is 1.94. The number of hydrogen-bond donors (Lipinski definition) is 0. The molecule has 2 aromatic carbocycles. The highest BCUT2D eigenvalue weighted by Crippen LogP contribution is 2.22. The van der Waals surface area contributed by atoms with Crippen LogP contribution in [0.25, 0.3) is 0 Å². The van der Waals surface area contributed by atoms with Gasteiger partial charge in [-0.05, 0) is 48.9 Å². The van der Waals surface area contributed by atoms with E-state index in [0.717, 1.165) is 11.3 Å². The molecule has 108 valence electrons. The molecule has 0 bridgehead atoms. The molecule has 0 N–H and O–H groups in total. The molecule has 0 unspecified atom stereocenters. The highest BCUT2D eigenvalue weighted by Gasteiger charge is 2.11. The Kier molecular flexibility index (Phi) is 3.97. The van der Waals surface area contributed by atoms with Crippen molar-refractivity contribution in [3.8, 4) is 11.5 Å². The number of nitrogens with zero attached hydrogens (tertiary/aromatic N) is 1. The first kappa shape index (κ1) is 14.0. The SMILES string of the molecule is Cc1ccnc(C(=O)c2cccc(Oc3ccccc3)c2)c1. The lowest BCUT2D eigenvalue weighted by molar-refractivity contribution is 0.103. The Hall–Kier alpha value is -2.94. The van der Waals surface area contributed by atoms with Crippen molar-refractivity contribution < 1.29 is 9.53 Å². The molecule has 3 aromatic rings. The van der Waals surface area contributed by atoms with E-state index >= 15 is 0 Å². The van der Waals surface area contributed by atoms with Gasteiger partial charge in [-0.15, -0.1) is 0 Å². The molecule has 3 nitrogen and oxygen atoms in total. The van der Waals surface area contributed by atoms with Crippen molar-refractivity contribution in [1.29, 1.82) is 0 Å². The van der Waals surface area contributed by atoms with Crippen LogP contribution < -0.4 is 4.74 Å². The van der Waals surface area contributed by atoms with Gasteiger partial charge in [0, 0.05) is 11.8 Å². The van der Waals surface area contributed by atoms with Crippen molar-refractivity contribution in [3.63, 3.8) is 0 Å². The molecular weight excluding hydrogens is 274 g/mol. The Morgan fingerprint density at radius 2 is 1.68 bits per heavy atom. The molecule has 0 atom stereocenters. The van der Waals surface area contributed by atoms with Gasteiger partial charge >= 0.3 is 0 Å². The van der Waals surface area contributed by atoms with Crippen LogP contribution in [0.1, 0.15) is 21.6 Å². The molecule has 0 saturated carbocycles. The Morgan fingerprint density at radius 3 is 2.45 bits per heavy atom. The molecule has 0 fully saturated rings. The lowest BCUT2D eigenvalue weighted by Gasteiger charge is -2.07. The van der Waals surface area contributed by atoms with Crippen LogP contribution in [0.3, 0.4) is 0 Å². The molecule has 1 aromatic heterocycles.